The second kappa shape index (κ2) is 10.3. The maximum Gasteiger partial charge on any atom is 0.323 e. The Labute approximate surface area is 182 Å². The third-order valence-electron chi connectivity index (χ3n) is 5.30. The van der Waals surface area contributed by atoms with Gasteiger partial charge in [0.2, 0.25) is 0 Å². The lowest BCUT2D eigenvalue weighted by Crippen LogP contribution is -2.43. The van der Waals surface area contributed by atoms with Gasteiger partial charge in [0.1, 0.15) is 11.9 Å². The molecule has 166 valence electrons. The molecule has 2 aromatic rings. The number of ether oxygens (including phenoxy) is 3. The summed E-state index contributed by atoms with van der Waals surface area (Å²) in [5.74, 6) is 2.69. The van der Waals surface area contributed by atoms with Crippen LogP contribution in [0.4, 0.5) is 16.4 Å². The molecule has 0 radical (unpaired) electrons. The number of urea groups is 1. The Morgan fingerprint density at radius 1 is 1.19 bits per heavy atom. The van der Waals surface area contributed by atoms with Crippen molar-refractivity contribution in [2.45, 2.75) is 25.9 Å². The summed E-state index contributed by atoms with van der Waals surface area (Å²) >= 11 is 0. The largest absolute Gasteiger partial charge is 0.490 e. The van der Waals surface area contributed by atoms with Crippen LogP contribution in [0.1, 0.15) is 19.8 Å². The zero-order chi connectivity index (χ0) is 21.5. The van der Waals surface area contributed by atoms with Gasteiger partial charge in [-0.05, 0) is 31.9 Å². The van der Waals surface area contributed by atoms with Gasteiger partial charge in [0, 0.05) is 19.6 Å². The number of hydrogen-bond donors (Lipinski definition) is 1. The number of aromatic nitrogens is 2. The van der Waals surface area contributed by atoms with Crippen molar-refractivity contribution in [2.24, 2.45) is 0 Å². The minimum absolute atomic E-state index is 0.0174. The Morgan fingerprint density at radius 2 is 2.00 bits per heavy atom. The topological polar surface area (TPSA) is 89.1 Å². The Hall–Kier alpha value is -3.07. The van der Waals surface area contributed by atoms with E-state index in [0.29, 0.717) is 45.3 Å². The van der Waals surface area contributed by atoms with Crippen LogP contribution in [0, 0.1) is 0 Å². The van der Waals surface area contributed by atoms with Crippen LogP contribution in [0.25, 0.3) is 0 Å². The second-order valence-corrected chi connectivity index (χ2v) is 7.50. The number of hydrogen-bond acceptors (Lipinski definition) is 7. The van der Waals surface area contributed by atoms with Crippen molar-refractivity contribution in [3.63, 3.8) is 0 Å². The van der Waals surface area contributed by atoms with Crippen LogP contribution in [0.5, 0.6) is 11.5 Å². The summed E-state index contributed by atoms with van der Waals surface area (Å²) in [5, 5.41) is 2.85. The fourth-order valence-electron chi connectivity index (χ4n) is 3.77. The van der Waals surface area contributed by atoms with E-state index in [1.54, 1.807) is 17.3 Å². The van der Waals surface area contributed by atoms with Gasteiger partial charge in [-0.3, -0.25) is 10.3 Å². The SMILES string of the molecule is CCOc1ccccc1O[C@@H]1CCCN(c2cncc(NC(=O)N3CCOCC3)n2)C1. The number of benzene rings is 1. The van der Waals surface area contributed by atoms with Crippen LogP contribution in [0.3, 0.4) is 0 Å². The van der Waals surface area contributed by atoms with Crippen molar-refractivity contribution in [1.82, 2.24) is 14.9 Å². The molecule has 2 aliphatic heterocycles. The van der Waals surface area contributed by atoms with E-state index in [9.17, 15) is 4.79 Å². The number of para-hydroxylation sites is 2. The highest BCUT2D eigenvalue weighted by Gasteiger charge is 2.24. The van der Waals surface area contributed by atoms with Crippen LogP contribution in [-0.4, -0.2) is 73.0 Å². The molecule has 9 heteroatoms. The summed E-state index contributed by atoms with van der Waals surface area (Å²) in [6.45, 7) is 6.37. The Bertz CT molecular complexity index is 874. The van der Waals surface area contributed by atoms with Gasteiger partial charge in [-0.15, -0.1) is 0 Å². The van der Waals surface area contributed by atoms with Gasteiger partial charge >= 0.3 is 6.03 Å². The number of nitrogens with zero attached hydrogens (tertiary/aromatic N) is 4. The van der Waals surface area contributed by atoms with Gasteiger partial charge in [-0.25, -0.2) is 9.78 Å². The first-order valence-electron chi connectivity index (χ1n) is 10.8. The number of morpholine rings is 1. The smallest absolute Gasteiger partial charge is 0.323 e. The van der Waals surface area contributed by atoms with E-state index in [-0.39, 0.29) is 12.1 Å². The summed E-state index contributed by atoms with van der Waals surface area (Å²) in [6.07, 6.45) is 5.24. The first kappa shape index (κ1) is 21.2. The van der Waals surface area contributed by atoms with Crippen molar-refractivity contribution in [2.75, 3.05) is 56.2 Å². The highest BCUT2D eigenvalue weighted by Crippen LogP contribution is 2.29. The molecule has 31 heavy (non-hydrogen) atoms. The summed E-state index contributed by atoms with van der Waals surface area (Å²) in [6, 6.07) is 7.57. The first-order chi connectivity index (χ1) is 15.2. The van der Waals surface area contributed by atoms with Crippen molar-refractivity contribution in [3.05, 3.63) is 36.7 Å². The Kier molecular flexibility index (Phi) is 7.03. The number of nitrogens with one attached hydrogen (secondary N) is 1. The number of piperidine rings is 1. The van der Waals surface area contributed by atoms with E-state index in [1.807, 2.05) is 31.2 Å². The van der Waals surface area contributed by atoms with E-state index in [1.165, 1.54) is 0 Å². The molecule has 2 aliphatic rings. The average Bonchev–Trinajstić information content (AvgIpc) is 2.81. The van der Waals surface area contributed by atoms with Crippen molar-refractivity contribution < 1.29 is 19.0 Å². The minimum atomic E-state index is -0.179. The van der Waals surface area contributed by atoms with Crippen LogP contribution in [0.15, 0.2) is 36.7 Å². The normalized spacial score (nSPS) is 19.1. The molecule has 1 atom stereocenters. The molecule has 0 unspecified atom stereocenters. The third-order valence-corrected chi connectivity index (χ3v) is 5.30. The van der Waals surface area contributed by atoms with Crippen LogP contribution in [0.2, 0.25) is 0 Å². The van der Waals surface area contributed by atoms with Crippen LogP contribution < -0.4 is 19.7 Å². The predicted molar refractivity (Wildman–Crippen MR) is 117 cm³/mol. The number of amides is 2. The molecule has 3 heterocycles. The molecule has 2 amide bonds. The molecule has 9 nitrogen and oxygen atoms in total. The molecule has 4 rings (SSSR count). The highest BCUT2D eigenvalue weighted by atomic mass is 16.5. The molecule has 0 spiro atoms. The Balaban J connectivity index is 1.39. The lowest BCUT2D eigenvalue weighted by molar-refractivity contribution is 0.0564. The minimum Gasteiger partial charge on any atom is -0.490 e. The van der Waals surface area contributed by atoms with E-state index < -0.39 is 0 Å². The van der Waals surface area contributed by atoms with E-state index in [2.05, 4.69) is 20.2 Å². The average molecular weight is 428 g/mol. The molecular formula is C22H29N5O4. The van der Waals surface area contributed by atoms with Gasteiger partial charge < -0.3 is 24.0 Å². The van der Waals surface area contributed by atoms with Gasteiger partial charge in [0.15, 0.2) is 17.3 Å². The molecular weight excluding hydrogens is 398 g/mol. The van der Waals surface area contributed by atoms with Crippen LogP contribution >= 0.6 is 0 Å². The summed E-state index contributed by atoms with van der Waals surface area (Å²) < 4.78 is 17.2. The van der Waals surface area contributed by atoms with Crippen molar-refractivity contribution in [1.29, 1.82) is 0 Å². The molecule has 0 bridgehead atoms. The van der Waals surface area contributed by atoms with E-state index in [4.69, 9.17) is 14.2 Å². The molecule has 1 aromatic carbocycles. The van der Waals surface area contributed by atoms with Gasteiger partial charge in [0.05, 0.1) is 38.8 Å². The van der Waals surface area contributed by atoms with Gasteiger partial charge in [0.25, 0.3) is 0 Å². The monoisotopic (exact) mass is 427 g/mol. The fraction of sp³-hybridized carbons (Fsp3) is 0.500. The first-order valence-corrected chi connectivity index (χ1v) is 10.8. The lowest BCUT2D eigenvalue weighted by atomic mass is 10.1. The maximum atomic E-state index is 12.4. The third kappa shape index (κ3) is 5.55. The summed E-state index contributed by atoms with van der Waals surface area (Å²) in [5.41, 5.74) is 0. The molecule has 1 aromatic heterocycles. The molecule has 0 aliphatic carbocycles. The predicted octanol–water partition coefficient (Wildman–Crippen LogP) is 2.79. The fourth-order valence-corrected chi connectivity index (χ4v) is 3.77. The zero-order valence-electron chi connectivity index (χ0n) is 17.8. The number of rotatable bonds is 6. The zero-order valence-corrected chi connectivity index (χ0v) is 17.8. The number of carbonyl (C=O) groups excluding carboxylic acids is 1. The van der Waals surface area contributed by atoms with Crippen molar-refractivity contribution >= 4 is 17.7 Å². The van der Waals surface area contributed by atoms with E-state index in [0.717, 1.165) is 36.7 Å². The maximum absolute atomic E-state index is 12.4. The molecule has 0 saturated carbocycles. The van der Waals surface area contributed by atoms with Crippen LogP contribution in [-0.2, 0) is 4.74 Å². The quantitative estimate of drug-likeness (QED) is 0.758. The highest BCUT2D eigenvalue weighted by molar-refractivity contribution is 5.88. The molecule has 2 saturated heterocycles. The summed E-state index contributed by atoms with van der Waals surface area (Å²) in [7, 11) is 0. The number of anilines is 2. The second-order valence-electron chi connectivity index (χ2n) is 7.50. The molecule has 2 fully saturated rings. The Morgan fingerprint density at radius 3 is 2.81 bits per heavy atom. The molecule has 1 N–H and O–H groups in total. The van der Waals surface area contributed by atoms with E-state index >= 15 is 0 Å². The lowest BCUT2D eigenvalue weighted by Gasteiger charge is -2.34. The van der Waals surface area contributed by atoms with Crippen molar-refractivity contribution in [3.8, 4) is 11.5 Å². The number of carbonyl (C=O) groups is 1. The standard InChI is InChI=1S/C22H29N5O4/c1-2-30-18-7-3-4-8-19(18)31-17-6-5-9-27(16-17)21-15-23-14-20(24-21)25-22(28)26-10-12-29-13-11-26/h3-4,7-8,14-15,17H,2,5-6,9-13,16H2,1H3,(H,24,25,28)/t17-/m1/s1. The summed E-state index contributed by atoms with van der Waals surface area (Å²) in [4.78, 5) is 25.2. The van der Waals surface area contributed by atoms with Gasteiger partial charge in [-0.1, -0.05) is 12.1 Å². The van der Waals surface area contributed by atoms with Gasteiger partial charge in [-0.2, -0.15) is 0 Å².